The van der Waals surface area contributed by atoms with E-state index in [2.05, 4.69) is 0 Å². The molecule has 2 nitrogen and oxygen atoms in total. The van der Waals surface area contributed by atoms with Crippen LogP contribution >= 0.6 is 0 Å². The fourth-order valence-corrected chi connectivity index (χ4v) is 0.954. The van der Waals surface area contributed by atoms with E-state index in [4.69, 9.17) is 0 Å². The SMILES string of the molecule is O=C1CC(C(F)F)CC1=O. The zero-order chi connectivity index (χ0) is 7.72. The first-order valence-corrected chi connectivity index (χ1v) is 2.95. The van der Waals surface area contributed by atoms with Crippen LogP contribution < -0.4 is 0 Å². The van der Waals surface area contributed by atoms with Crippen LogP contribution in [0.3, 0.4) is 0 Å². The van der Waals surface area contributed by atoms with Gasteiger partial charge in [0.15, 0.2) is 11.6 Å². The molecule has 0 bridgehead atoms. The van der Waals surface area contributed by atoms with Crippen molar-refractivity contribution in [2.24, 2.45) is 5.92 Å². The summed E-state index contributed by atoms with van der Waals surface area (Å²) in [7, 11) is 0. The number of carbonyl (C=O) groups is 2. The third kappa shape index (κ3) is 1.20. The van der Waals surface area contributed by atoms with Crippen LogP contribution in [0, 0.1) is 5.92 Å². The monoisotopic (exact) mass is 148 g/mol. The lowest BCUT2D eigenvalue weighted by atomic mass is 10.1. The van der Waals surface area contributed by atoms with Gasteiger partial charge in [-0.1, -0.05) is 0 Å². The highest BCUT2D eigenvalue weighted by atomic mass is 19.3. The average Bonchev–Trinajstić information content (AvgIpc) is 2.13. The molecule has 1 saturated carbocycles. The Morgan fingerprint density at radius 2 is 1.60 bits per heavy atom. The highest BCUT2D eigenvalue weighted by Crippen LogP contribution is 2.25. The highest BCUT2D eigenvalue weighted by molar-refractivity contribution is 6.39. The molecule has 1 rings (SSSR count). The molecule has 0 N–H and O–H groups in total. The highest BCUT2D eigenvalue weighted by Gasteiger charge is 2.35. The van der Waals surface area contributed by atoms with Crippen LogP contribution in [0.25, 0.3) is 0 Å². The second-order valence-electron chi connectivity index (χ2n) is 2.35. The van der Waals surface area contributed by atoms with E-state index in [1.54, 1.807) is 0 Å². The predicted octanol–water partition coefficient (Wildman–Crippen LogP) is 0.800. The first-order chi connectivity index (χ1) is 4.61. The van der Waals surface area contributed by atoms with Crippen molar-refractivity contribution in [1.29, 1.82) is 0 Å². The molecule has 0 aromatic carbocycles. The molecule has 1 fully saturated rings. The van der Waals surface area contributed by atoms with Crippen LogP contribution in [0.4, 0.5) is 8.78 Å². The van der Waals surface area contributed by atoms with Gasteiger partial charge in [-0.15, -0.1) is 0 Å². The molecule has 0 radical (unpaired) electrons. The number of carbonyl (C=O) groups excluding carboxylic acids is 2. The molecule has 0 aliphatic heterocycles. The van der Waals surface area contributed by atoms with Crippen molar-refractivity contribution < 1.29 is 18.4 Å². The minimum absolute atomic E-state index is 0.267. The van der Waals surface area contributed by atoms with Crippen molar-refractivity contribution in [3.05, 3.63) is 0 Å². The average molecular weight is 148 g/mol. The van der Waals surface area contributed by atoms with Crippen LogP contribution in [0.2, 0.25) is 0 Å². The van der Waals surface area contributed by atoms with E-state index in [0.717, 1.165) is 0 Å². The van der Waals surface area contributed by atoms with Gasteiger partial charge in [0.1, 0.15) is 0 Å². The smallest absolute Gasteiger partial charge is 0.242 e. The summed E-state index contributed by atoms with van der Waals surface area (Å²) in [5, 5.41) is 0. The lowest BCUT2D eigenvalue weighted by Gasteiger charge is -2.01. The fourth-order valence-electron chi connectivity index (χ4n) is 0.954. The summed E-state index contributed by atoms with van der Waals surface area (Å²) in [6, 6.07) is 0. The third-order valence-electron chi connectivity index (χ3n) is 1.56. The van der Waals surface area contributed by atoms with Gasteiger partial charge in [0, 0.05) is 18.8 Å². The van der Waals surface area contributed by atoms with Crippen LogP contribution in [-0.2, 0) is 9.59 Å². The van der Waals surface area contributed by atoms with E-state index < -0.39 is 23.9 Å². The second kappa shape index (κ2) is 2.44. The van der Waals surface area contributed by atoms with Crippen LogP contribution in [0.15, 0.2) is 0 Å². The first-order valence-electron chi connectivity index (χ1n) is 2.95. The number of halogens is 2. The van der Waals surface area contributed by atoms with Crippen molar-refractivity contribution in [3.63, 3.8) is 0 Å². The van der Waals surface area contributed by atoms with Gasteiger partial charge in [-0.05, 0) is 0 Å². The largest absolute Gasteiger partial charge is 0.291 e. The molecule has 56 valence electrons. The number of rotatable bonds is 1. The fraction of sp³-hybridized carbons (Fsp3) is 0.667. The number of Topliss-reactive ketones (excluding diaryl/α,β-unsaturated/α-hetero) is 2. The van der Waals surface area contributed by atoms with Crippen LogP contribution in [-0.4, -0.2) is 18.0 Å². The number of hydrogen-bond donors (Lipinski definition) is 0. The van der Waals surface area contributed by atoms with Crippen molar-refractivity contribution in [2.75, 3.05) is 0 Å². The van der Waals surface area contributed by atoms with E-state index in [-0.39, 0.29) is 12.8 Å². The molecular formula is C6H6F2O2. The maximum Gasteiger partial charge on any atom is 0.242 e. The molecule has 1 aliphatic rings. The molecule has 1 aliphatic carbocycles. The Kier molecular flexibility index (Phi) is 1.78. The molecule has 0 spiro atoms. The molecule has 4 heteroatoms. The third-order valence-corrected chi connectivity index (χ3v) is 1.56. The summed E-state index contributed by atoms with van der Waals surface area (Å²) >= 11 is 0. The summed E-state index contributed by atoms with van der Waals surface area (Å²) in [4.78, 5) is 20.8. The Labute approximate surface area is 56.2 Å². The maximum absolute atomic E-state index is 11.8. The number of hydrogen-bond acceptors (Lipinski definition) is 2. The first kappa shape index (κ1) is 7.31. The number of ketones is 2. The minimum atomic E-state index is -2.53. The topological polar surface area (TPSA) is 34.1 Å². The molecule has 0 amide bonds. The van der Waals surface area contributed by atoms with Gasteiger partial charge >= 0.3 is 0 Å². The van der Waals surface area contributed by atoms with E-state index >= 15 is 0 Å². The molecule has 0 aromatic rings. The second-order valence-corrected chi connectivity index (χ2v) is 2.35. The van der Waals surface area contributed by atoms with Crippen molar-refractivity contribution in [3.8, 4) is 0 Å². The van der Waals surface area contributed by atoms with Crippen LogP contribution in [0.1, 0.15) is 12.8 Å². The quantitative estimate of drug-likeness (QED) is 0.515. The molecule has 0 unspecified atom stereocenters. The lowest BCUT2D eigenvalue weighted by molar-refractivity contribution is -0.134. The molecule has 0 saturated heterocycles. The Balaban J connectivity index is 2.57. The van der Waals surface area contributed by atoms with E-state index in [1.165, 1.54) is 0 Å². The minimum Gasteiger partial charge on any atom is -0.291 e. The summed E-state index contributed by atoms with van der Waals surface area (Å²) in [5.74, 6) is -2.31. The van der Waals surface area contributed by atoms with E-state index in [0.29, 0.717) is 0 Å². The Morgan fingerprint density at radius 1 is 1.20 bits per heavy atom. The van der Waals surface area contributed by atoms with Gasteiger partial charge in [0.25, 0.3) is 0 Å². The molecular weight excluding hydrogens is 142 g/mol. The van der Waals surface area contributed by atoms with Gasteiger partial charge in [-0.3, -0.25) is 9.59 Å². The van der Waals surface area contributed by atoms with Gasteiger partial charge < -0.3 is 0 Å². The molecule has 0 atom stereocenters. The van der Waals surface area contributed by atoms with E-state index in [9.17, 15) is 18.4 Å². The van der Waals surface area contributed by atoms with Gasteiger partial charge in [0.05, 0.1) is 0 Å². The summed E-state index contributed by atoms with van der Waals surface area (Å²) in [6.45, 7) is 0. The van der Waals surface area contributed by atoms with Gasteiger partial charge in [0.2, 0.25) is 6.43 Å². The Bertz CT molecular complexity index is 161. The standard InChI is InChI=1S/C6H6F2O2/c7-6(8)3-1-4(9)5(10)2-3/h3,6H,1-2H2. The summed E-state index contributed by atoms with van der Waals surface area (Å²) in [5.41, 5.74) is 0. The van der Waals surface area contributed by atoms with Crippen molar-refractivity contribution >= 4 is 11.6 Å². The molecule has 0 aromatic heterocycles. The molecule has 10 heavy (non-hydrogen) atoms. The summed E-state index contributed by atoms with van der Waals surface area (Å²) < 4.78 is 23.6. The van der Waals surface area contributed by atoms with E-state index in [1.807, 2.05) is 0 Å². The van der Waals surface area contributed by atoms with Crippen molar-refractivity contribution in [1.82, 2.24) is 0 Å². The maximum atomic E-state index is 11.8. The normalized spacial score (nSPS) is 21.1. The zero-order valence-electron chi connectivity index (χ0n) is 5.14. The Hall–Kier alpha value is -0.800. The van der Waals surface area contributed by atoms with Crippen LogP contribution in [0.5, 0.6) is 0 Å². The van der Waals surface area contributed by atoms with Gasteiger partial charge in [-0.2, -0.15) is 0 Å². The lowest BCUT2D eigenvalue weighted by Crippen LogP contribution is -2.06. The number of alkyl halides is 2. The van der Waals surface area contributed by atoms with Gasteiger partial charge in [-0.25, -0.2) is 8.78 Å². The Morgan fingerprint density at radius 3 is 1.80 bits per heavy atom. The summed E-state index contributed by atoms with van der Waals surface area (Å²) in [6.07, 6.45) is -3.07. The predicted molar refractivity (Wildman–Crippen MR) is 28.7 cm³/mol. The zero-order valence-corrected chi connectivity index (χ0v) is 5.14. The molecule has 0 heterocycles. The van der Waals surface area contributed by atoms with Crippen molar-refractivity contribution in [2.45, 2.75) is 19.3 Å².